The van der Waals surface area contributed by atoms with E-state index in [1.807, 2.05) is 0 Å². The molecule has 5 nitrogen and oxygen atoms in total. The van der Waals surface area contributed by atoms with Gasteiger partial charge in [0.05, 0.1) is 0 Å². The predicted molar refractivity (Wildman–Crippen MR) is 75.6 cm³/mol. The monoisotopic (exact) mass is 310 g/mol. The largest absolute Gasteiger partial charge is 0.477 e. The Morgan fingerprint density at radius 3 is 2.35 bits per heavy atom. The lowest BCUT2D eigenvalue weighted by molar-refractivity contribution is 0.0690. The maximum atomic E-state index is 12.0. The highest BCUT2D eigenvalue weighted by Crippen LogP contribution is 2.20. The molecule has 0 unspecified atom stereocenters. The van der Waals surface area contributed by atoms with Gasteiger partial charge in [0.1, 0.15) is 5.69 Å². The first kappa shape index (κ1) is 14.3. The number of benzene rings is 1. The van der Waals surface area contributed by atoms with E-state index in [1.54, 1.807) is 0 Å². The van der Waals surface area contributed by atoms with E-state index in [0.717, 1.165) is 0 Å². The SMILES string of the molecule is O=C(Nc1ccnc(C(=O)O)c1)c1cc(Cl)cc(Cl)c1. The summed E-state index contributed by atoms with van der Waals surface area (Å²) < 4.78 is 0. The van der Waals surface area contributed by atoms with Gasteiger partial charge in [0.15, 0.2) is 0 Å². The third-order valence-electron chi connectivity index (χ3n) is 2.36. The number of nitrogens with one attached hydrogen (secondary N) is 1. The molecule has 0 aliphatic rings. The van der Waals surface area contributed by atoms with E-state index in [9.17, 15) is 9.59 Å². The number of carboxylic acids is 1. The third-order valence-corrected chi connectivity index (χ3v) is 2.80. The molecule has 0 saturated carbocycles. The first-order valence-corrected chi connectivity index (χ1v) is 6.18. The first-order chi connectivity index (χ1) is 9.45. The molecule has 2 aromatic rings. The quantitative estimate of drug-likeness (QED) is 0.911. The minimum atomic E-state index is -1.17. The first-order valence-electron chi connectivity index (χ1n) is 5.42. The Morgan fingerprint density at radius 2 is 1.75 bits per heavy atom. The van der Waals surface area contributed by atoms with E-state index in [0.29, 0.717) is 15.7 Å². The van der Waals surface area contributed by atoms with Crippen molar-refractivity contribution in [3.05, 3.63) is 57.8 Å². The number of anilines is 1. The second-order valence-corrected chi connectivity index (χ2v) is 4.72. The van der Waals surface area contributed by atoms with Crippen molar-refractivity contribution in [1.29, 1.82) is 0 Å². The van der Waals surface area contributed by atoms with Crippen LogP contribution in [0.1, 0.15) is 20.8 Å². The molecule has 0 aliphatic heterocycles. The average molecular weight is 311 g/mol. The average Bonchev–Trinajstić information content (AvgIpc) is 2.37. The zero-order valence-electron chi connectivity index (χ0n) is 9.93. The Hall–Kier alpha value is -2.11. The van der Waals surface area contributed by atoms with Crippen LogP contribution < -0.4 is 5.32 Å². The topological polar surface area (TPSA) is 79.3 Å². The van der Waals surface area contributed by atoms with E-state index in [2.05, 4.69) is 10.3 Å². The summed E-state index contributed by atoms with van der Waals surface area (Å²) in [4.78, 5) is 26.4. The lowest BCUT2D eigenvalue weighted by Gasteiger charge is -2.06. The molecule has 102 valence electrons. The number of carbonyl (C=O) groups excluding carboxylic acids is 1. The standard InChI is InChI=1S/C13H8Cl2N2O3/c14-8-3-7(4-9(15)5-8)12(18)17-10-1-2-16-11(6-10)13(19)20/h1-6H,(H,19,20)(H,16,17,18). The minimum Gasteiger partial charge on any atom is -0.477 e. The minimum absolute atomic E-state index is 0.160. The molecule has 0 atom stereocenters. The molecule has 0 saturated heterocycles. The van der Waals surface area contributed by atoms with Gasteiger partial charge < -0.3 is 10.4 Å². The van der Waals surface area contributed by atoms with Crippen LogP contribution in [0, 0.1) is 0 Å². The normalized spacial score (nSPS) is 10.1. The Bertz CT molecular complexity index is 669. The molecule has 0 spiro atoms. The van der Waals surface area contributed by atoms with Gasteiger partial charge in [0, 0.05) is 27.5 Å². The molecule has 1 aromatic heterocycles. The fraction of sp³-hybridized carbons (Fsp3) is 0. The molecule has 20 heavy (non-hydrogen) atoms. The van der Waals surface area contributed by atoms with Crippen LogP contribution in [0.5, 0.6) is 0 Å². The summed E-state index contributed by atoms with van der Waals surface area (Å²) in [7, 11) is 0. The van der Waals surface area contributed by atoms with E-state index in [4.69, 9.17) is 28.3 Å². The highest BCUT2D eigenvalue weighted by Gasteiger charge is 2.10. The second kappa shape index (κ2) is 5.90. The van der Waals surface area contributed by atoms with Crippen LogP contribution in [0.3, 0.4) is 0 Å². The van der Waals surface area contributed by atoms with Crippen LogP contribution in [0.4, 0.5) is 5.69 Å². The molecule has 1 aromatic carbocycles. The highest BCUT2D eigenvalue weighted by molar-refractivity contribution is 6.35. The Morgan fingerprint density at radius 1 is 1.10 bits per heavy atom. The van der Waals surface area contributed by atoms with Crippen LogP contribution in [-0.4, -0.2) is 22.0 Å². The predicted octanol–water partition coefficient (Wildman–Crippen LogP) is 3.34. The van der Waals surface area contributed by atoms with Crippen molar-refractivity contribution in [2.45, 2.75) is 0 Å². The van der Waals surface area contributed by atoms with E-state index in [1.165, 1.54) is 36.5 Å². The molecule has 0 aliphatic carbocycles. The molecule has 2 N–H and O–H groups in total. The zero-order valence-corrected chi connectivity index (χ0v) is 11.4. The molecule has 7 heteroatoms. The van der Waals surface area contributed by atoms with Gasteiger partial charge >= 0.3 is 5.97 Å². The third kappa shape index (κ3) is 3.46. The molecular weight excluding hydrogens is 303 g/mol. The van der Waals surface area contributed by atoms with Crippen molar-refractivity contribution in [3.63, 3.8) is 0 Å². The summed E-state index contributed by atoms with van der Waals surface area (Å²) in [6.45, 7) is 0. The van der Waals surface area contributed by atoms with Crippen molar-refractivity contribution in [3.8, 4) is 0 Å². The second-order valence-electron chi connectivity index (χ2n) is 3.85. The fourth-order valence-electron chi connectivity index (χ4n) is 1.51. The summed E-state index contributed by atoms with van der Waals surface area (Å²) >= 11 is 11.6. The lowest BCUT2D eigenvalue weighted by Crippen LogP contribution is -2.12. The van der Waals surface area contributed by atoms with Crippen molar-refractivity contribution in [2.24, 2.45) is 0 Å². The summed E-state index contributed by atoms with van der Waals surface area (Å²) in [6.07, 6.45) is 1.30. The summed E-state index contributed by atoms with van der Waals surface area (Å²) in [5.74, 6) is -1.62. The number of aromatic nitrogens is 1. The van der Waals surface area contributed by atoms with Gasteiger partial charge in [0.25, 0.3) is 5.91 Å². The van der Waals surface area contributed by atoms with Crippen molar-refractivity contribution in [1.82, 2.24) is 4.98 Å². The van der Waals surface area contributed by atoms with Crippen LogP contribution >= 0.6 is 23.2 Å². The van der Waals surface area contributed by atoms with Crippen molar-refractivity contribution < 1.29 is 14.7 Å². The number of aromatic carboxylic acids is 1. The molecule has 0 bridgehead atoms. The van der Waals surface area contributed by atoms with Gasteiger partial charge in [-0.15, -0.1) is 0 Å². The Labute approximate surface area is 124 Å². The number of rotatable bonds is 3. The van der Waals surface area contributed by atoms with Gasteiger partial charge in [-0.1, -0.05) is 23.2 Å². The summed E-state index contributed by atoms with van der Waals surface area (Å²) in [5, 5.41) is 12.0. The molecule has 0 fully saturated rings. The molecule has 1 heterocycles. The van der Waals surface area contributed by atoms with E-state index < -0.39 is 11.9 Å². The van der Waals surface area contributed by atoms with Gasteiger partial charge in [0.2, 0.25) is 0 Å². The van der Waals surface area contributed by atoms with E-state index >= 15 is 0 Å². The van der Waals surface area contributed by atoms with Crippen LogP contribution in [-0.2, 0) is 0 Å². The van der Waals surface area contributed by atoms with E-state index in [-0.39, 0.29) is 11.3 Å². The number of hydrogen-bond donors (Lipinski definition) is 2. The molecule has 1 amide bonds. The number of pyridine rings is 1. The number of amides is 1. The van der Waals surface area contributed by atoms with Crippen LogP contribution in [0.25, 0.3) is 0 Å². The summed E-state index contributed by atoms with van der Waals surface area (Å²) in [6, 6.07) is 7.17. The number of carboxylic acid groups (broad SMARTS) is 1. The maximum absolute atomic E-state index is 12.0. The number of halogens is 2. The zero-order chi connectivity index (χ0) is 14.7. The number of carbonyl (C=O) groups is 2. The number of hydrogen-bond acceptors (Lipinski definition) is 3. The van der Waals surface area contributed by atoms with Crippen molar-refractivity contribution >= 4 is 40.8 Å². The van der Waals surface area contributed by atoms with Gasteiger partial charge in [-0.25, -0.2) is 9.78 Å². The van der Waals surface area contributed by atoms with Gasteiger partial charge in [-0.2, -0.15) is 0 Å². The highest BCUT2D eigenvalue weighted by atomic mass is 35.5. The van der Waals surface area contributed by atoms with Crippen molar-refractivity contribution in [2.75, 3.05) is 5.32 Å². The van der Waals surface area contributed by atoms with Gasteiger partial charge in [-0.05, 0) is 30.3 Å². The molecule has 0 radical (unpaired) electrons. The smallest absolute Gasteiger partial charge is 0.354 e. The van der Waals surface area contributed by atoms with Crippen LogP contribution in [0.15, 0.2) is 36.5 Å². The molecular formula is C13H8Cl2N2O3. The lowest BCUT2D eigenvalue weighted by atomic mass is 10.2. The Kier molecular flexibility index (Phi) is 4.22. The van der Waals surface area contributed by atoms with Gasteiger partial charge in [-0.3, -0.25) is 4.79 Å². The molecule has 2 rings (SSSR count). The Balaban J connectivity index is 2.23. The van der Waals surface area contributed by atoms with Crippen LogP contribution in [0.2, 0.25) is 10.0 Å². The maximum Gasteiger partial charge on any atom is 0.354 e. The fourth-order valence-corrected chi connectivity index (χ4v) is 2.04. The summed E-state index contributed by atoms with van der Waals surface area (Å²) in [5.41, 5.74) is 0.432. The number of nitrogens with zero attached hydrogens (tertiary/aromatic N) is 1.